The third-order valence-corrected chi connectivity index (χ3v) is 8.54. The van der Waals surface area contributed by atoms with Gasteiger partial charge in [-0.25, -0.2) is 0 Å². The van der Waals surface area contributed by atoms with Crippen LogP contribution in [0.2, 0.25) is 0 Å². The van der Waals surface area contributed by atoms with Crippen LogP contribution >= 0.6 is 0 Å². The predicted octanol–water partition coefficient (Wildman–Crippen LogP) is 11.5. The molecule has 0 fully saturated rings. The normalized spacial score (nSPS) is 17.1. The minimum absolute atomic E-state index is 0.0887. The SMILES string of the molecule is C=C(C/C=C/C1=CC(c2ccccc2)CC1c1ccc(C)cc1)CCC(=C)C(C(=C)c1ccccc1)c1ccccc1. The lowest BCUT2D eigenvalue weighted by Gasteiger charge is -2.23. The molecule has 0 N–H and O–H groups in total. The Kier molecular flexibility index (Phi) is 9.67. The summed E-state index contributed by atoms with van der Waals surface area (Å²) in [6, 6.07) is 41.1. The Morgan fingerprint density at radius 1 is 0.738 bits per heavy atom. The van der Waals surface area contributed by atoms with Crippen molar-refractivity contribution >= 4 is 5.57 Å². The Bertz CT molecular complexity index is 1550. The fourth-order valence-electron chi connectivity index (χ4n) is 6.13. The molecule has 0 nitrogen and oxygen atoms in total. The average molecular weight is 547 g/mol. The number of rotatable bonds is 12. The molecular formula is C42H42. The molecular weight excluding hydrogens is 504 g/mol. The quantitative estimate of drug-likeness (QED) is 0.155. The van der Waals surface area contributed by atoms with Gasteiger partial charge in [0.15, 0.2) is 0 Å². The molecule has 42 heavy (non-hydrogen) atoms. The van der Waals surface area contributed by atoms with Crippen LogP contribution < -0.4 is 0 Å². The van der Waals surface area contributed by atoms with E-state index in [1.807, 2.05) is 6.07 Å². The molecule has 0 aromatic heterocycles. The van der Waals surface area contributed by atoms with E-state index in [2.05, 4.69) is 154 Å². The lowest BCUT2D eigenvalue weighted by Crippen LogP contribution is -2.05. The maximum absolute atomic E-state index is 4.55. The summed E-state index contributed by atoms with van der Waals surface area (Å²) >= 11 is 0. The molecule has 4 aromatic rings. The van der Waals surface area contributed by atoms with Crippen LogP contribution in [0.25, 0.3) is 5.57 Å². The van der Waals surface area contributed by atoms with Gasteiger partial charge in [-0.05, 0) is 66.0 Å². The zero-order chi connectivity index (χ0) is 29.3. The van der Waals surface area contributed by atoms with Crippen LogP contribution in [0, 0.1) is 6.92 Å². The first-order valence-corrected chi connectivity index (χ1v) is 15.1. The summed E-state index contributed by atoms with van der Waals surface area (Å²) in [4.78, 5) is 0. The summed E-state index contributed by atoms with van der Waals surface area (Å²) < 4.78 is 0. The number of hydrogen-bond donors (Lipinski definition) is 0. The first kappa shape index (κ1) is 29.1. The summed E-state index contributed by atoms with van der Waals surface area (Å²) in [6.07, 6.45) is 10.9. The molecule has 4 aromatic carbocycles. The molecule has 3 atom stereocenters. The van der Waals surface area contributed by atoms with Crippen LogP contribution in [-0.2, 0) is 0 Å². The largest absolute Gasteiger partial charge is 0.0995 e. The minimum Gasteiger partial charge on any atom is -0.0995 e. The van der Waals surface area contributed by atoms with Crippen molar-refractivity contribution in [2.45, 2.75) is 50.4 Å². The highest BCUT2D eigenvalue weighted by atomic mass is 14.3. The van der Waals surface area contributed by atoms with Crippen molar-refractivity contribution in [3.05, 3.63) is 198 Å². The Labute approximate surface area is 253 Å². The monoisotopic (exact) mass is 546 g/mol. The van der Waals surface area contributed by atoms with Crippen LogP contribution in [-0.4, -0.2) is 0 Å². The molecule has 0 heterocycles. The van der Waals surface area contributed by atoms with Crippen molar-refractivity contribution in [1.29, 1.82) is 0 Å². The maximum atomic E-state index is 4.55. The van der Waals surface area contributed by atoms with Crippen LogP contribution in [0.3, 0.4) is 0 Å². The second-order valence-electron chi connectivity index (χ2n) is 11.6. The third-order valence-electron chi connectivity index (χ3n) is 8.54. The van der Waals surface area contributed by atoms with Gasteiger partial charge in [-0.15, -0.1) is 0 Å². The lowest BCUT2D eigenvalue weighted by molar-refractivity contribution is 0.712. The topological polar surface area (TPSA) is 0 Å². The summed E-state index contributed by atoms with van der Waals surface area (Å²) in [7, 11) is 0. The van der Waals surface area contributed by atoms with E-state index in [0.717, 1.165) is 36.8 Å². The molecule has 210 valence electrons. The summed E-state index contributed by atoms with van der Waals surface area (Å²) in [6.45, 7) is 15.7. The fraction of sp³-hybridized carbons (Fsp3) is 0.190. The molecule has 0 saturated heterocycles. The van der Waals surface area contributed by atoms with Gasteiger partial charge < -0.3 is 0 Å². The van der Waals surface area contributed by atoms with Crippen LogP contribution in [0.4, 0.5) is 0 Å². The first-order chi connectivity index (χ1) is 20.5. The van der Waals surface area contributed by atoms with E-state index in [1.165, 1.54) is 39.0 Å². The number of benzene rings is 4. The second-order valence-corrected chi connectivity index (χ2v) is 11.6. The van der Waals surface area contributed by atoms with Gasteiger partial charge in [0, 0.05) is 17.8 Å². The molecule has 0 spiro atoms. The lowest BCUT2D eigenvalue weighted by atomic mass is 9.81. The van der Waals surface area contributed by atoms with Crippen molar-refractivity contribution in [2.24, 2.45) is 0 Å². The molecule has 1 aliphatic rings. The van der Waals surface area contributed by atoms with Gasteiger partial charge in [-0.3, -0.25) is 0 Å². The number of hydrogen-bond acceptors (Lipinski definition) is 0. The fourth-order valence-corrected chi connectivity index (χ4v) is 6.13. The molecule has 0 heteroatoms. The minimum atomic E-state index is 0.0887. The van der Waals surface area contributed by atoms with Gasteiger partial charge in [-0.2, -0.15) is 0 Å². The van der Waals surface area contributed by atoms with Gasteiger partial charge in [0.1, 0.15) is 0 Å². The van der Waals surface area contributed by atoms with Gasteiger partial charge in [-0.1, -0.05) is 170 Å². The smallest absolute Gasteiger partial charge is 0.0296 e. The highest BCUT2D eigenvalue weighted by Gasteiger charge is 2.27. The van der Waals surface area contributed by atoms with E-state index in [0.29, 0.717) is 11.8 Å². The molecule has 1 aliphatic carbocycles. The van der Waals surface area contributed by atoms with E-state index >= 15 is 0 Å². The summed E-state index contributed by atoms with van der Waals surface area (Å²) in [5.41, 5.74) is 11.4. The first-order valence-electron chi connectivity index (χ1n) is 15.1. The van der Waals surface area contributed by atoms with E-state index in [9.17, 15) is 0 Å². The highest BCUT2D eigenvalue weighted by Crippen LogP contribution is 2.44. The average Bonchev–Trinajstić information content (AvgIpc) is 3.46. The number of aryl methyl sites for hydroxylation is 1. The van der Waals surface area contributed by atoms with Crippen molar-refractivity contribution < 1.29 is 0 Å². The van der Waals surface area contributed by atoms with E-state index in [1.54, 1.807) is 0 Å². The Morgan fingerprint density at radius 3 is 2.02 bits per heavy atom. The van der Waals surface area contributed by atoms with Crippen molar-refractivity contribution in [3.8, 4) is 0 Å². The zero-order valence-electron chi connectivity index (χ0n) is 24.9. The molecule has 3 unspecified atom stereocenters. The van der Waals surface area contributed by atoms with Gasteiger partial charge in [0.05, 0.1) is 0 Å². The van der Waals surface area contributed by atoms with Crippen molar-refractivity contribution in [1.82, 2.24) is 0 Å². The molecule has 5 rings (SSSR count). The van der Waals surface area contributed by atoms with Gasteiger partial charge >= 0.3 is 0 Å². The summed E-state index contributed by atoms with van der Waals surface area (Å²) in [5.74, 6) is 0.942. The molecule has 0 saturated carbocycles. The second kappa shape index (κ2) is 14.0. The summed E-state index contributed by atoms with van der Waals surface area (Å²) in [5, 5.41) is 0. The molecule has 0 aliphatic heterocycles. The Balaban J connectivity index is 1.24. The van der Waals surface area contributed by atoms with E-state index in [-0.39, 0.29) is 5.92 Å². The van der Waals surface area contributed by atoms with Crippen molar-refractivity contribution in [3.63, 3.8) is 0 Å². The van der Waals surface area contributed by atoms with Crippen LogP contribution in [0.15, 0.2) is 170 Å². The molecule has 0 radical (unpaired) electrons. The van der Waals surface area contributed by atoms with E-state index in [4.69, 9.17) is 0 Å². The predicted molar refractivity (Wildman–Crippen MR) is 182 cm³/mol. The Hall–Kier alpha value is -4.42. The number of allylic oxidation sites excluding steroid dienone is 7. The third kappa shape index (κ3) is 7.25. The molecule has 0 bridgehead atoms. The highest BCUT2D eigenvalue weighted by molar-refractivity contribution is 5.72. The van der Waals surface area contributed by atoms with Gasteiger partial charge in [0.2, 0.25) is 0 Å². The van der Waals surface area contributed by atoms with E-state index < -0.39 is 0 Å². The van der Waals surface area contributed by atoms with Gasteiger partial charge in [0.25, 0.3) is 0 Å². The van der Waals surface area contributed by atoms with Crippen LogP contribution in [0.5, 0.6) is 0 Å². The standard InChI is InChI=1S/C42H42/c1-31(23-26-33(3)42(38-20-12-7-13-21-38)34(4)35-16-8-5-9-17-35)15-14-22-39-29-40(36-18-10-6-11-19-36)30-41(39)37-27-24-32(2)25-28-37/h5-14,16-22,24-25,27-29,40-42H,1,3-4,15,23,26,30H2,2H3/b22-14+. The van der Waals surface area contributed by atoms with Crippen LogP contribution in [0.1, 0.15) is 71.3 Å². The Morgan fingerprint density at radius 2 is 1.36 bits per heavy atom. The molecule has 0 amide bonds. The van der Waals surface area contributed by atoms with Crippen molar-refractivity contribution in [2.75, 3.05) is 0 Å². The zero-order valence-corrected chi connectivity index (χ0v) is 24.9. The maximum Gasteiger partial charge on any atom is 0.0296 e.